The third kappa shape index (κ3) is 69.7. The molecule has 0 aromatic heterocycles. The molecule has 7 heavy (non-hydrogen) atoms. The average molecular weight is 289 g/mol. The van der Waals surface area contributed by atoms with Gasteiger partial charge in [0, 0.05) is 0 Å². The van der Waals surface area contributed by atoms with Gasteiger partial charge < -0.3 is 21.9 Å². The predicted octanol–water partition coefficient (Wildman–Crippen LogP) is -0.859. The van der Waals surface area contributed by atoms with Gasteiger partial charge in [0.15, 0.2) is 0 Å². The van der Waals surface area contributed by atoms with Gasteiger partial charge in [-0.2, -0.15) is 0 Å². The van der Waals surface area contributed by atoms with Crippen molar-refractivity contribution in [3.8, 4) is 0 Å². The molecule has 4 nitrogen and oxygen atoms in total. The van der Waals surface area contributed by atoms with Gasteiger partial charge in [-0.1, -0.05) is 0 Å². The van der Waals surface area contributed by atoms with Gasteiger partial charge in [-0.05, 0) is 0 Å². The SMILES string of the molecule is [Al+3].[La+3].[Ni+2].[O-2].[O-2].[O-2].[O-2]. The maximum Gasteiger partial charge on any atom is 3.00 e. The molecule has 0 aliphatic heterocycles. The van der Waals surface area contributed by atoms with Gasteiger partial charge in [-0.15, -0.1) is 0 Å². The molecule has 0 spiro atoms. The van der Waals surface area contributed by atoms with E-state index in [-0.39, 0.29) is 91.4 Å². The van der Waals surface area contributed by atoms with E-state index in [1.54, 1.807) is 0 Å². The van der Waals surface area contributed by atoms with Crippen LogP contribution >= 0.6 is 0 Å². The molecule has 0 fully saturated rings. The molecule has 0 bridgehead atoms. The number of hydrogen-bond acceptors (Lipinski definition) is 0. The van der Waals surface area contributed by atoms with E-state index >= 15 is 0 Å². The van der Waals surface area contributed by atoms with Crippen LogP contribution in [0.5, 0.6) is 0 Å². The molecule has 0 aliphatic rings. The van der Waals surface area contributed by atoms with Crippen molar-refractivity contribution in [2.45, 2.75) is 0 Å². The molecule has 0 rings (SSSR count). The molecule has 0 saturated carbocycles. The topological polar surface area (TPSA) is 114 Å². The minimum absolute atomic E-state index is 0. The maximum atomic E-state index is 0. The minimum Gasteiger partial charge on any atom is -2.00 e. The van der Waals surface area contributed by atoms with Gasteiger partial charge in [-0.3, -0.25) is 0 Å². The van der Waals surface area contributed by atoms with Crippen LogP contribution in [0.3, 0.4) is 0 Å². The van der Waals surface area contributed by atoms with Crippen LogP contribution in [-0.4, -0.2) is 17.4 Å². The Bertz CT molecular complexity index is 11.7. The van der Waals surface area contributed by atoms with Crippen LogP contribution in [0.2, 0.25) is 0 Å². The summed E-state index contributed by atoms with van der Waals surface area (Å²) in [5, 5.41) is 0. The molecule has 0 amide bonds. The third-order valence-corrected chi connectivity index (χ3v) is 0. The van der Waals surface area contributed by atoms with E-state index in [0.717, 1.165) is 0 Å². The molecule has 40 valence electrons. The van der Waals surface area contributed by atoms with Gasteiger partial charge in [0.2, 0.25) is 0 Å². The zero-order valence-electron chi connectivity index (χ0n) is 3.10. The molecule has 0 N–H and O–H groups in total. The Hall–Kier alpha value is 2.06. The summed E-state index contributed by atoms with van der Waals surface area (Å²) in [6, 6.07) is 0. The summed E-state index contributed by atoms with van der Waals surface area (Å²) in [5.74, 6) is 0. The first-order valence-electron chi connectivity index (χ1n) is 0. The second-order valence-corrected chi connectivity index (χ2v) is 0. The van der Waals surface area contributed by atoms with E-state index < -0.39 is 0 Å². The van der Waals surface area contributed by atoms with Crippen molar-refractivity contribution in [2.75, 3.05) is 0 Å². The Balaban J connectivity index is 0. The molecule has 0 aliphatic carbocycles. The van der Waals surface area contributed by atoms with Crippen LogP contribution in [-0.2, 0) is 38.4 Å². The quantitative estimate of drug-likeness (QED) is 0.516. The van der Waals surface area contributed by atoms with Crippen LogP contribution in [0.25, 0.3) is 0 Å². The van der Waals surface area contributed by atoms with E-state index in [9.17, 15) is 0 Å². The molecule has 0 aromatic rings. The average Bonchev–Trinajstić information content (AvgIpc) is 0. The smallest absolute Gasteiger partial charge is 2.00 e. The first-order valence-corrected chi connectivity index (χ1v) is 0. The summed E-state index contributed by atoms with van der Waals surface area (Å²) in [5.41, 5.74) is 0. The van der Waals surface area contributed by atoms with Crippen molar-refractivity contribution in [3.63, 3.8) is 0 Å². The first-order chi connectivity index (χ1) is 0. The monoisotopic (exact) mass is 288 g/mol. The summed E-state index contributed by atoms with van der Waals surface area (Å²) in [6.07, 6.45) is 0. The van der Waals surface area contributed by atoms with Crippen molar-refractivity contribution in [1.82, 2.24) is 0 Å². The first kappa shape index (κ1) is 139. The fraction of sp³-hybridized carbons (Fsp3) is 0. The molecule has 0 saturated heterocycles. The van der Waals surface area contributed by atoms with E-state index in [0.29, 0.717) is 0 Å². The van der Waals surface area contributed by atoms with Crippen LogP contribution in [0.15, 0.2) is 0 Å². The van der Waals surface area contributed by atoms with E-state index in [2.05, 4.69) is 0 Å². The molecule has 0 heterocycles. The second kappa shape index (κ2) is 94.6. The maximum absolute atomic E-state index is 0. The fourth-order valence-electron chi connectivity index (χ4n) is 0. The summed E-state index contributed by atoms with van der Waals surface area (Å²) in [6.45, 7) is 0. The van der Waals surface area contributed by atoms with Gasteiger partial charge in [0.05, 0.1) is 0 Å². The zero-order chi connectivity index (χ0) is 0. The Morgan fingerprint density at radius 2 is 0.571 bits per heavy atom. The Labute approximate surface area is 90.3 Å². The Morgan fingerprint density at radius 1 is 0.571 bits per heavy atom. The van der Waals surface area contributed by atoms with E-state index in [4.69, 9.17) is 0 Å². The standard InChI is InChI=1S/Al.La.Ni.4O/q2*+3;+2;4*-2. The van der Waals surface area contributed by atoms with Crippen LogP contribution in [0, 0.1) is 35.6 Å². The van der Waals surface area contributed by atoms with Gasteiger partial charge >= 0.3 is 69.5 Å². The van der Waals surface area contributed by atoms with E-state index in [1.807, 2.05) is 0 Å². The number of hydrogen-bond donors (Lipinski definition) is 0. The Morgan fingerprint density at radius 3 is 0.571 bits per heavy atom. The van der Waals surface area contributed by atoms with Gasteiger partial charge in [0.1, 0.15) is 0 Å². The number of rotatable bonds is 0. The fourth-order valence-corrected chi connectivity index (χ4v) is 0. The molecule has 0 atom stereocenters. The summed E-state index contributed by atoms with van der Waals surface area (Å²) < 4.78 is 0. The predicted molar refractivity (Wildman–Crippen MR) is 8.50 cm³/mol. The van der Waals surface area contributed by atoms with Crippen molar-refractivity contribution in [1.29, 1.82) is 0 Å². The van der Waals surface area contributed by atoms with Crippen LogP contribution in [0.4, 0.5) is 0 Å². The van der Waals surface area contributed by atoms with Gasteiger partial charge in [0.25, 0.3) is 0 Å². The molecule has 0 aromatic carbocycles. The van der Waals surface area contributed by atoms with Crippen molar-refractivity contribution in [3.05, 3.63) is 0 Å². The molecule has 0 radical (unpaired) electrons. The minimum atomic E-state index is 0. The summed E-state index contributed by atoms with van der Waals surface area (Å²) in [4.78, 5) is 0. The normalized spacial score (nSPS) is 0. The van der Waals surface area contributed by atoms with Crippen molar-refractivity contribution < 1.29 is 74.0 Å². The van der Waals surface area contributed by atoms with Crippen LogP contribution in [0.1, 0.15) is 0 Å². The molecule has 0 unspecified atom stereocenters. The second-order valence-electron chi connectivity index (χ2n) is 0. The Kier molecular flexibility index (Phi) is 1870. The van der Waals surface area contributed by atoms with Crippen molar-refractivity contribution >= 4 is 17.4 Å². The van der Waals surface area contributed by atoms with Gasteiger partial charge in [-0.25, -0.2) is 0 Å². The molecule has 7 heteroatoms. The molecular weight excluding hydrogens is 289 g/mol. The third-order valence-electron chi connectivity index (χ3n) is 0. The summed E-state index contributed by atoms with van der Waals surface area (Å²) >= 11 is 0. The van der Waals surface area contributed by atoms with Crippen LogP contribution < -0.4 is 0 Å². The van der Waals surface area contributed by atoms with Crippen molar-refractivity contribution in [2.24, 2.45) is 0 Å². The molecular formula is AlLaNiO4. The summed E-state index contributed by atoms with van der Waals surface area (Å²) in [7, 11) is 0. The zero-order valence-corrected chi connectivity index (χ0v) is 8.87. The largest absolute Gasteiger partial charge is 3.00 e. The van der Waals surface area contributed by atoms with E-state index in [1.165, 1.54) is 0 Å².